The minimum Gasteiger partial charge on any atom is -0.428 e. The molecule has 0 N–H and O–H groups in total. The molecule has 2 aromatic carbocycles. The lowest BCUT2D eigenvalue weighted by atomic mass is 9.70. The van der Waals surface area contributed by atoms with Crippen LogP contribution in [0.25, 0.3) is 5.57 Å². The number of benzene rings is 2. The Labute approximate surface area is 152 Å². The zero-order valence-electron chi connectivity index (χ0n) is 13.6. The van der Waals surface area contributed by atoms with Crippen LogP contribution in [0.1, 0.15) is 37.8 Å². The summed E-state index contributed by atoms with van der Waals surface area (Å²) >= 11 is 12.0. The van der Waals surface area contributed by atoms with Gasteiger partial charge in [0.2, 0.25) is 0 Å². The Hall–Kier alpha value is -1.77. The molecule has 24 heavy (non-hydrogen) atoms. The largest absolute Gasteiger partial charge is 0.428 e. The molecule has 1 aliphatic rings. The third kappa shape index (κ3) is 2.64. The van der Waals surface area contributed by atoms with Gasteiger partial charge in [0.15, 0.2) is 5.41 Å². The van der Waals surface area contributed by atoms with E-state index in [9.17, 15) is 4.79 Å². The van der Waals surface area contributed by atoms with Crippen LogP contribution in [0.15, 0.2) is 54.3 Å². The molecule has 0 radical (unpaired) electrons. The first-order chi connectivity index (χ1) is 11.5. The van der Waals surface area contributed by atoms with Crippen LogP contribution in [-0.2, 0) is 14.9 Å². The fourth-order valence-corrected chi connectivity index (χ4v) is 3.52. The third-order valence-corrected chi connectivity index (χ3v) is 5.12. The van der Waals surface area contributed by atoms with Crippen LogP contribution in [0.2, 0.25) is 10.0 Å². The van der Waals surface area contributed by atoms with Crippen molar-refractivity contribution in [2.45, 2.75) is 32.1 Å². The summed E-state index contributed by atoms with van der Waals surface area (Å²) in [7, 11) is 0. The van der Waals surface area contributed by atoms with Crippen molar-refractivity contribution >= 4 is 34.7 Å². The molecule has 0 spiro atoms. The van der Waals surface area contributed by atoms with E-state index < -0.39 is 5.41 Å². The molecule has 0 unspecified atom stereocenters. The fraction of sp³-hybridized carbons (Fsp3) is 0.250. The summed E-state index contributed by atoms with van der Waals surface area (Å²) in [4.78, 5) is 12.5. The van der Waals surface area contributed by atoms with E-state index in [1.54, 1.807) is 0 Å². The summed E-state index contributed by atoms with van der Waals surface area (Å²) in [6, 6.07) is 15.1. The van der Waals surface area contributed by atoms with E-state index in [1.165, 1.54) is 0 Å². The molecule has 1 atom stereocenters. The monoisotopic (exact) mass is 360 g/mol. The number of hydrogen-bond acceptors (Lipinski definition) is 2. The summed E-state index contributed by atoms with van der Waals surface area (Å²) in [5.41, 5.74) is 2.25. The van der Waals surface area contributed by atoms with Crippen LogP contribution in [0.4, 0.5) is 0 Å². The average Bonchev–Trinajstić information content (AvgIpc) is 2.59. The van der Waals surface area contributed by atoms with Gasteiger partial charge < -0.3 is 4.74 Å². The molecule has 1 aliphatic heterocycles. The molecule has 0 aliphatic carbocycles. The van der Waals surface area contributed by atoms with Crippen molar-refractivity contribution in [3.63, 3.8) is 0 Å². The van der Waals surface area contributed by atoms with E-state index >= 15 is 0 Å². The maximum absolute atomic E-state index is 12.5. The number of carbonyl (C=O) groups excluding carboxylic acids is 1. The molecule has 0 aromatic heterocycles. The lowest BCUT2D eigenvalue weighted by molar-refractivity contribution is -0.160. The summed E-state index contributed by atoms with van der Waals surface area (Å²) in [5, 5.41) is 1.33. The molecular weight excluding hydrogens is 343 g/mol. The fourth-order valence-electron chi connectivity index (χ4n) is 3.27. The number of allylic oxidation sites excluding steroid dienone is 1. The van der Waals surface area contributed by atoms with Gasteiger partial charge in [0.1, 0.15) is 5.76 Å². The Balaban J connectivity index is 2.16. The van der Waals surface area contributed by atoms with Gasteiger partial charge in [0.25, 0.3) is 0 Å². The first-order valence-electron chi connectivity index (χ1n) is 8.00. The smallest absolute Gasteiger partial charge is 0.329 e. The van der Waals surface area contributed by atoms with Crippen LogP contribution in [-0.4, -0.2) is 5.97 Å². The summed E-state index contributed by atoms with van der Waals surface area (Å²) < 4.78 is 5.54. The summed E-state index contributed by atoms with van der Waals surface area (Å²) in [6.07, 6.45) is 1.40. The highest BCUT2D eigenvalue weighted by molar-refractivity contribution is 6.30. The highest BCUT2D eigenvalue weighted by Gasteiger charge is 2.55. The number of halogens is 2. The topological polar surface area (TPSA) is 26.3 Å². The van der Waals surface area contributed by atoms with Gasteiger partial charge in [0, 0.05) is 10.0 Å². The van der Waals surface area contributed by atoms with Gasteiger partial charge >= 0.3 is 5.97 Å². The molecule has 0 saturated carbocycles. The molecule has 0 bridgehead atoms. The Morgan fingerprint density at radius 3 is 1.96 bits per heavy atom. The number of carbonyl (C=O) groups is 1. The number of ether oxygens (including phenoxy) is 1. The lowest BCUT2D eigenvalue weighted by Crippen LogP contribution is -2.50. The SMILES string of the molecule is CC/C(=C1/OC(=O)[C@@]1(CC)c1ccc(Cl)cc1)c1ccc(Cl)cc1. The molecule has 2 aromatic rings. The Morgan fingerprint density at radius 2 is 1.50 bits per heavy atom. The number of rotatable bonds is 4. The normalized spacial score (nSPS) is 21.9. The van der Waals surface area contributed by atoms with Gasteiger partial charge in [-0.1, -0.05) is 61.3 Å². The molecule has 1 fully saturated rings. The zero-order valence-corrected chi connectivity index (χ0v) is 15.1. The number of esters is 1. The van der Waals surface area contributed by atoms with Crippen LogP contribution in [0, 0.1) is 0 Å². The van der Waals surface area contributed by atoms with Crippen molar-refractivity contribution in [1.29, 1.82) is 0 Å². The minimum atomic E-state index is -0.727. The molecule has 0 amide bonds. The van der Waals surface area contributed by atoms with Gasteiger partial charge in [0.05, 0.1) is 0 Å². The van der Waals surface area contributed by atoms with Crippen LogP contribution >= 0.6 is 23.2 Å². The molecule has 3 rings (SSSR count). The maximum atomic E-state index is 12.5. The highest BCUT2D eigenvalue weighted by atomic mass is 35.5. The van der Waals surface area contributed by atoms with Crippen molar-refractivity contribution in [1.82, 2.24) is 0 Å². The first-order valence-corrected chi connectivity index (χ1v) is 8.76. The quantitative estimate of drug-likeness (QED) is 0.623. The maximum Gasteiger partial charge on any atom is 0.329 e. The number of hydrogen-bond donors (Lipinski definition) is 0. The highest BCUT2D eigenvalue weighted by Crippen LogP contribution is 2.49. The predicted molar refractivity (Wildman–Crippen MR) is 98.2 cm³/mol. The van der Waals surface area contributed by atoms with Crippen molar-refractivity contribution in [2.75, 3.05) is 0 Å². The van der Waals surface area contributed by atoms with E-state index in [-0.39, 0.29) is 5.97 Å². The van der Waals surface area contributed by atoms with Gasteiger partial charge in [-0.3, -0.25) is 4.79 Å². The zero-order chi connectivity index (χ0) is 17.3. The van der Waals surface area contributed by atoms with Crippen LogP contribution in [0.5, 0.6) is 0 Å². The minimum absolute atomic E-state index is 0.206. The van der Waals surface area contributed by atoms with E-state index in [2.05, 4.69) is 6.92 Å². The van der Waals surface area contributed by atoms with Gasteiger partial charge in [-0.25, -0.2) is 0 Å². The van der Waals surface area contributed by atoms with Gasteiger partial charge in [-0.15, -0.1) is 0 Å². The molecule has 2 nitrogen and oxygen atoms in total. The van der Waals surface area contributed by atoms with E-state index in [0.717, 1.165) is 28.9 Å². The van der Waals surface area contributed by atoms with Crippen molar-refractivity contribution in [2.24, 2.45) is 0 Å². The summed E-state index contributed by atoms with van der Waals surface area (Å²) in [6.45, 7) is 4.07. The Kier molecular flexibility index (Phi) is 4.71. The lowest BCUT2D eigenvalue weighted by Gasteiger charge is -2.42. The second kappa shape index (κ2) is 6.62. The van der Waals surface area contributed by atoms with Crippen molar-refractivity contribution in [3.8, 4) is 0 Å². The molecule has 4 heteroatoms. The van der Waals surface area contributed by atoms with E-state index in [0.29, 0.717) is 16.5 Å². The van der Waals surface area contributed by atoms with Crippen LogP contribution < -0.4 is 0 Å². The second-order valence-corrected chi connectivity index (χ2v) is 6.70. The first kappa shape index (κ1) is 17.1. The summed E-state index contributed by atoms with van der Waals surface area (Å²) in [5.74, 6) is 0.532. The molecule has 1 heterocycles. The van der Waals surface area contributed by atoms with E-state index in [4.69, 9.17) is 27.9 Å². The molecule has 1 saturated heterocycles. The van der Waals surface area contributed by atoms with Crippen molar-refractivity contribution < 1.29 is 9.53 Å². The molecule has 124 valence electrons. The van der Waals surface area contributed by atoms with Gasteiger partial charge in [-0.05, 0) is 53.8 Å². The third-order valence-electron chi connectivity index (χ3n) is 4.62. The van der Waals surface area contributed by atoms with E-state index in [1.807, 2.05) is 55.5 Å². The van der Waals surface area contributed by atoms with Gasteiger partial charge in [-0.2, -0.15) is 0 Å². The predicted octanol–water partition coefficient (Wildman–Crippen LogP) is 6.02. The van der Waals surface area contributed by atoms with Crippen LogP contribution in [0.3, 0.4) is 0 Å². The Morgan fingerprint density at radius 1 is 0.958 bits per heavy atom. The standard InChI is InChI=1S/C20H18Cl2O2/c1-3-17(13-5-9-15(21)10-6-13)18-20(4-2,19(23)24-18)14-7-11-16(22)12-8-14/h5-12H,3-4H2,1-2H3/b18-17-/t20-/m0/s1. The Bertz CT molecular complexity index is 791. The number of cyclic esters (lactones) is 1. The molecular formula is C20H18Cl2O2. The average molecular weight is 361 g/mol. The van der Waals surface area contributed by atoms with Crippen molar-refractivity contribution in [3.05, 3.63) is 75.5 Å². The second-order valence-electron chi connectivity index (χ2n) is 5.82.